The Kier molecular flexibility index (Phi) is 6.19. The van der Waals surface area contributed by atoms with E-state index in [-0.39, 0.29) is 19.0 Å². The van der Waals surface area contributed by atoms with Crippen LogP contribution in [0.1, 0.15) is 24.0 Å². The molecule has 2 aromatic carbocycles. The van der Waals surface area contributed by atoms with Gasteiger partial charge in [-0.2, -0.15) is 0 Å². The van der Waals surface area contributed by atoms with Crippen molar-refractivity contribution >= 4 is 5.91 Å². The maximum atomic E-state index is 13.3. The largest absolute Gasteiger partial charge is 0.379 e. The van der Waals surface area contributed by atoms with Crippen LogP contribution in [0.3, 0.4) is 0 Å². The van der Waals surface area contributed by atoms with Crippen LogP contribution in [0.25, 0.3) is 0 Å². The first-order chi connectivity index (χ1) is 13.0. The van der Waals surface area contributed by atoms with Gasteiger partial charge in [0.1, 0.15) is 0 Å². The van der Waals surface area contributed by atoms with Gasteiger partial charge in [-0.1, -0.05) is 36.4 Å². The summed E-state index contributed by atoms with van der Waals surface area (Å²) in [6.07, 6.45) is 1.85. The number of rotatable bonds is 7. The lowest BCUT2D eigenvalue weighted by Gasteiger charge is -2.38. The molecule has 0 aromatic heterocycles. The molecule has 0 aliphatic carbocycles. The molecule has 1 atom stereocenters. The smallest absolute Gasteiger partial charge is 0.255 e. The molecule has 0 saturated carbocycles. The predicted molar refractivity (Wildman–Crippen MR) is 99.0 cm³/mol. The monoisotopic (exact) mass is 374 g/mol. The summed E-state index contributed by atoms with van der Waals surface area (Å²) in [6.45, 7) is 1.52. The van der Waals surface area contributed by atoms with E-state index in [2.05, 4.69) is 5.32 Å². The Balaban J connectivity index is 1.54. The number of likely N-dealkylation sites (tertiary alicyclic amines) is 1. The molecule has 27 heavy (non-hydrogen) atoms. The van der Waals surface area contributed by atoms with E-state index in [1.165, 1.54) is 6.07 Å². The van der Waals surface area contributed by atoms with Gasteiger partial charge in [-0.25, -0.2) is 8.78 Å². The standard InChI is InChI=1S/C21H24F2N2O2/c22-18-8-7-17(13-19(18)23)14-24-15-21(27)10-4-11-25(20(21)26)12-9-16-5-2-1-3-6-16/h1-3,5-8,13,24,27H,4,9-12,14-15H2/t21-/m0/s1. The van der Waals surface area contributed by atoms with Gasteiger partial charge in [-0.3, -0.25) is 4.79 Å². The maximum absolute atomic E-state index is 13.3. The summed E-state index contributed by atoms with van der Waals surface area (Å²) in [4.78, 5) is 14.4. The lowest BCUT2D eigenvalue weighted by atomic mass is 9.91. The number of carbonyl (C=O) groups is 1. The molecule has 1 heterocycles. The first kappa shape index (κ1) is 19.5. The number of nitrogens with zero attached hydrogens (tertiary/aromatic N) is 1. The van der Waals surface area contributed by atoms with Gasteiger partial charge < -0.3 is 15.3 Å². The van der Waals surface area contributed by atoms with E-state index in [1.54, 1.807) is 4.90 Å². The van der Waals surface area contributed by atoms with Gasteiger partial charge in [0.25, 0.3) is 5.91 Å². The predicted octanol–water partition coefficient (Wildman–Crippen LogP) is 2.65. The summed E-state index contributed by atoms with van der Waals surface area (Å²) >= 11 is 0. The fourth-order valence-corrected chi connectivity index (χ4v) is 3.41. The number of piperidine rings is 1. The van der Waals surface area contributed by atoms with Crippen LogP contribution in [0, 0.1) is 11.6 Å². The summed E-state index contributed by atoms with van der Waals surface area (Å²) in [7, 11) is 0. The van der Waals surface area contributed by atoms with Gasteiger partial charge >= 0.3 is 0 Å². The van der Waals surface area contributed by atoms with E-state index in [4.69, 9.17) is 0 Å². The molecule has 1 aliphatic heterocycles. The molecular weight excluding hydrogens is 350 g/mol. The molecule has 1 amide bonds. The molecule has 0 bridgehead atoms. The molecule has 3 rings (SSSR count). The quantitative estimate of drug-likeness (QED) is 0.784. The number of hydrogen-bond acceptors (Lipinski definition) is 3. The first-order valence-corrected chi connectivity index (χ1v) is 9.18. The molecule has 1 fully saturated rings. The zero-order valence-corrected chi connectivity index (χ0v) is 15.1. The number of aliphatic hydroxyl groups is 1. The fourth-order valence-electron chi connectivity index (χ4n) is 3.41. The van der Waals surface area contributed by atoms with Gasteiger partial charge in [0, 0.05) is 26.2 Å². The minimum Gasteiger partial charge on any atom is -0.379 e. The Hall–Kier alpha value is -2.31. The lowest BCUT2D eigenvalue weighted by Crippen LogP contribution is -2.58. The van der Waals surface area contributed by atoms with Crippen molar-refractivity contribution in [1.82, 2.24) is 10.2 Å². The average Bonchev–Trinajstić information content (AvgIpc) is 2.67. The normalized spacial score (nSPS) is 20.1. The van der Waals surface area contributed by atoms with Crippen LogP contribution in [0.5, 0.6) is 0 Å². The second kappa shape index (κ2) is 8.59. The molecule has 1 aliphatic rings. The van der Waals surface area contributed by atoms with E-state index in [0.29, 0.717) is 25.1 Å². The number of benzene rings is 2. The van der Waals surface area contributed by atoms with Crippen molar-refractivity contribution in [1.29, 1.82) is 0 Å². The van der Waals surface area contributed by atoms with Crippen molar-refractivity contribution in [3.63, 3.8) is 0 Å². The van der Waals surface area contributed by atoms with Crippen LogP contribution in [0.15, 0.2) is 48.5 Å². The Bertz CT molecular complexity index is 785. The topological polar surface area (TPSA) is 52.6 Å². The van der Waals surface area contributed by atoms with Crippen molar-refractivity contribution in [3.8, 4) is 0 Å². The van der Waals surface area contributed by atoms with Gasteiger partial charge in [0.15, 0.2) is 17.2 Å². The number of nitrogens with one attached hydrogen (secondary N) is 1. The molecule has 1 saturated heterocycles. The highest BCUT2D eigenvalue weighted by molar-refractivity contribution is 5.86. The molecule has 0 unspecified atom stereocenters. The minimum absolute atomic E-state index is 0.0761. The number of amides is 1. The van der Waals surface area contributed by atoms with Gasteiger partial charge in [-0.15, -0.1) is 0 Å². The average molecular weight is 374 g/mol. The Morgan fingerprint density at radius 1 is 1.07 bits per heavy atom. The zero-order chi connectivity index (χ0) is 19.3. The molecule has 6 heteroatoms. The highest BCUT2D eigenvalue weighted by Gasteiger charge is 2.41. The van der Waals surface area contributed by atoms with Gasteiger partial charge in [0.2, 0.25) is 0 Å². The summed E-state index contributed by atoms with van der Waals surface area (Å²) in [5.41, 5.74) is 0.241. The third kappa shape index (κ3) is 4.90. The second-order valence-corrected chi connectivity index (χ2v) is 7.01. The fraction of sp³-hybridized carbons (Fsp3) is 0.381. The summed E-state index contributed by atoms with van der Waals surface area (Å²) in [5.74, 6) is -2.08. The maximum Gasteiger partial charge on any atom is 0.255 e. The van der Waals surface area contributed by atoms with Crippen LogP contribution < -0.4 is 5.32 Å². The summed E-state index contributed by atoms with van der Waals surface area (Å²) in [5, 5.41) is 13.8. The minimum atomic E-state index is -1.46. The summed E-state index contributed by atoms with van der Waals surface area (Å²) < 4.78 is 26.2. The van der Waals surface area contributed by atoms with Crippen LogP contribution >= 0.6 is 0 Å². The van der Waals surface area contributed by atoms with Crippen LogP contribution in [-0.4, -0.2) is 41.1 Å². The Labute approximate surface area is 157 Å². The zero-order valence-electron chi connectivity index (χ0n) is 15.1. The van der Waals surface area contributed by atoms with Crippen molar-refractivity contribution in [2.24, 2.45) is 0 Å². The van der Waals surface area contributed by atoms with Gasteiger partial charge in [0.05, 0.1) is 0 Å². The van der Waals surface area contributed by atoms with Crippen molar-refractivity contribution in [3.05, 3.63) is 71.3 Å². The molecule has 0 spiro atoms. The van der Waals surface area contributed by atoms with E-state index in [9.17, 15) is 18.7 Å². The third-order valence-corrected chi connectivity index (χ3v) is 4.95. The van der Waals surface area contributed by atoms with E-state index < -0.39 is 17.2 Å². The van der Waals surface area contributed by atoms with Crippen molar-refractivity contribution < 1.29 is 18.7 Å². The van der Waals surface area contributed by atoms with Crippen LogP contribution in [0.2, 0.25) is 0 Å². The van der Waals surface area contributed by atoms with Crippen LogP contribution in [-0.2, 0) is 17.8 Å². The Morgan fingerprint density at radius 2 is 1.85 bits per heavy atom. The van der Waals surface area contributed by atoms with E-state index >= 15 is 0 Å². The molecule has 144 valence electrons. The van der Waals surface area contributed by atoms with E-state index in [0.717, 1.165) is 30.5 Å². The highest BCUT2D eigenvalue weighted by Crippen LogP contribution is 2.23. The second-order valence-electron chi connectivity index (χ2n) is 7.01. The number of hydrogen-bond donors (Lipinski definition) is 2. The van der Waals surface area contributed by atoms with Crippen molar-refractivity contribution in [2.75, 3.05) is 19.6 Å². The van der Waals surface area contributed by atoms with Gasteiger partial charge in [-0.05, 0) is 42.5 Å². The van der Waals surface area contributed by atoms with E-state index in [1.807, 2.05) is 30.3 Å². The number of halogens is 2. The Morgan fingerprint density at radius 3 is 2.59 bits per heavy atom. The lowest BCUT2D eigenvalue weighted by molar-refractivity contribution is -0.156. The van der Waals surface area contributed by atoms with Crippen LogP contribution in [0.4, 0.5) is 8.78 Å². The molecule has 2 N–H and O–H groups in total. The molecule has 2 aromatic rings. The SMILES string of the molecule is O=C1N(CCc2ccccc2)CCC[C@]1(O)CNCc1ccc(F)c(F)c1. The third-order valence-electron chi connectivity index (χ3n) is 4.95. The summed E-state index contributed by atoms with van der Waals surface area (Å²) in [6, 6.07) is 13.6. The number of carbonyl (C=O) groups excluding carboxylic acids is 1. The molecule has 4 nitrogen and oxygen atoms in total. The molecule has 0 radical (unpaired) electrons. The molecular formula is C21H24F2N2O2. The van der Waals surface area contributed by atoms with Crippen molar-refractivity contribution in [2.45, 2.75) is 31.4 Å². The highest BCUT2D eigenvalue weighted by atomic mass is 19.2. The first-order valence-electron chi connectivity index (χ1n) is 9.18.